The molecule has 0 aliphatic carbocycles. The fourth-order valence-electron chi connectivity index (χ4n) is 2.90. The van der Waals surface area contributed by atoms with Gasteiger partial charge in [0.05, 0.1) is 18.2 Å². The number of hydrazone groups is 1. The third kappa shape index (κ3) is 6.38. The largest absolute Gasteiger partial charge is 0.493 e. The Morgan fingerprint density at radius 3 is 2.61 bits per heavy atom. The molecule has 0 spiro atoms. The molecular formula is C22H24ClN3O4S. The predicted molar refractivity (Wildman–Crippen MR) is 122 cm³/mol. The quantitative estimate of drug-likeness (QED) is 0.614. The molecule has 164 valence electrons. The van der Waals surface area contributed by atoms with Gasteiger partial charge in [-0.25, -0.2) is 5.01 Å². The summed E-state index contributed by atoms with van der Waals surface area (Å²) in [5.74, 6) is 0.917. The number of ether oxygens (including phenoxy) is 2. The maximum Gasteiger partial charge on any atom is 0.241 e. The Balaban J connectivity index is 1.54. The number of thioether (sulfide) groups is 1. The molecule has 1 aliphatic rings. The van der Waals surface area contributed by atoms with Crippen LogP contribution in [0.25, 0.3) is 0 Å². The first-order valence-electron chi connectivity index (χ1n) is 9.78. The van der Waals surface area contributed by atoms with Gasteiger partial charge in [-0.3, -0.25) is 9.59 Å². The van der Waals surface area contributed by atoms with Crippen molar-refractivity contribution in [3.63, 3.8) is 0 Å². The van der Waals surface area contributed by atoms with Crippen LogP contribution in [0.2, 0.25) is 5.02 Å². The molecule has 2 amide bonds. The van der Waals surface area contributed by atoms with Crippen molar-refractivity contribution in [3.05, 3.63) is 58.6 Å². The number of benzene rings is 2. The summed E-state index contributed by atoms with van der Waals surface area (Å²) >= 11 is 7.68. The van der Waals surface area contributed by atoms with Gasteiger partial charge in [0.15, 0.2) is 5.17 Å². The topological polar surface area (TPSA) is 80.2 Å². The molecule has 3 rings (SSSR count). The Labute approximate surface area is 190 Å². The lowest BCUT2D eigenvalue weighted by Crippen LogP contribution is -2.25. The summed E-state index contributed by atoms with van der Waals surface area (Å²) < 4.78 is 11.5. The zero-order chi connectivity index (χ0) is 22.4. The Morgan fingerprint density at radius 1 is 1.16 bits per heavy atom. The minimum Gasteiger partial charge on any atom is -0.493 e. The Kier molecular flexibility index (Phi) is 7.81. The number of rotatable bonds is 7. The van der Waals surface area contributed by atoms with Crippen LogP contribution in [-0.2, 0) is 9.59 Å². The third-order valence-electron chi connectivity index (χ3n) is 4.30. The number of aryl methyl sites for hydroxylation is 1. The van der Waals surface area contributed by atoms with E-state index in [1.54, 1.807) is 12.1 Å². The number of carbonyl (C=O) groups is 2. The van der Waals surface area contributed by atoms with Crippen LogP contribution in [0, 0.1) is 6.92 Å². The standard InChI is InChI=1S/C22H24ClN3O4S/c1-14-6-4-7-18(12-14)29-10-5-11-30-20-9-8-17(13-19(20)23)21-26(16(3)28)25-22(31-21)24-15(2)27/h4,6-9,12-13,21H,5,10-11H2,1-3H3,(H,24,25,27). The van der Waals surface area contributed by atoms with Crippen LogP contribution in [-0.4, -0.2) is 35.2 Å². The molecular weight excluding hydrogens is 438 g/mol. The molecule has 1 aliphatic heterocycles. The van der Waals surface area contributed by atoms with Gasteiger partial charge in [0, 0.05) is 20.3 Å². The Hall–Kier alpha value is -2.71. The van der Waals surface area contributed by atoms with Crippen LogP contribution < -0.4 is 14.8 Å². The average molecular weight is 462 g/mol. The molecule has 0 saturated heterocycles. The highest BCUT2D eigenvalue weighted by Crippen LogP contribution is 2.40. The molecule has 0 saturated carbocycles. The maximum absolute atomic E-state index is 12.0. The first-order chi connectivity index (χ1) is 14.8. The van der Waals surface area contributed by atoms with Gasteiger partial charge in [-0.05, 0) is 42.3 Å². The number of nitrogens with one attached hydrogen (secondary N) is 1. The summed E-state index contributed by atoms with van der Waals surface area (Å²) in [4.78, 5) is 23.3. The van der Waals surface area contributed by atoms with E-state index >= 15 is 0 Å². The second kappa shape index (κ2) is 10.5. The minimum absolute atomic E-state index is 0.233. The Morgan fingerprint density at radius 2 is 1.94 bits per heavy atom. The average Bonchev–Trinajstić information content (AvgIpc) is 3.12. The van der Waals surface area contributed by atoms with Crippen molar-refractivity contribution in [1.29, 1.82) is 0 Å². The number of amides is 2. The number of nitrogens with zero attached hydrogens (tertiary/aromatic N) is 2. The van der Waals surface area contributed by atoms with Gasteiger partial charge in [-0.15, -0.1) is 5.10 Å². The first kappa shape index (κ1) is 23.0. The lowest BCUT2D eigenvalue weighted by Gasteiger charge is -2.20. The zero-order valence-corrected chi connectivity index (χ0v) is 19.1. The van der Waals surface area contributed by atoms with Crippen LogP contribution in [0.15, 0.2) is 47.6 Å². The summed E-state index contributed by atoms with van der Waals surface area (Å²) in [5, 5.41) is 8.53. The summed E-state index contributed by atoms with van der Waals surface area (Å²) in [6, 6.07) is 13.3. The Bertz CT molecular complexity index is 998. The number of halogens is 1. The van der Waals surface area contributed by atoms with Gasteiger partial charge in [0.2, 0.25) is 11.8 Å². The SMILES string of the molecule is CC(=O)NC1=NN(C(C)=O)C(c2ccc(OCCCOc3cccc(C)c3)c(Cl)c2)S1. The maximum atomic E-state index is 12.0. The monoisotopic (exact) mass is 461 g/mol. The van der Waals surface area contributed by atoms with Crippen molar-refractivity contribution in [2.75, 3.05) is 13.2 Å². The van der Waals surface area contributed by atoms with E-state index in [1.807, 2.05) is 37.3 Å². The normalized spacial score (nSPS) is 15.4. The van der Waals surface area contributed by atoms with Crippen molar-refractivity contribution in [3.8, 4) is 11.5 Å². The highest BCUT2D eigenvalue weighted by molar-refractivity contribution is 8.14. The summed E-state index contributed by atoms with van der Waals surface area (Å²) in [6.45, 7) is 5.83. The molecule has 0 radical (unpaired) electrons. The zero-order valence-electron chi connectivity index (χ0n) is 17.6. The third-order valence-corrected chi connectivity index (χ3v) is 5.69. The number of hydrogen-bond donors (Lipinski definition) is 1. The van der Waals surface area contributed by atoms with E-state index in [0.29, 0.717) is 35.6 Å². The van der Waals surface area contributed by atoms with Crippen molar-refractivity contribution in [2.24, 2.45) is 5.10 Å². The van der Waals surface area contributed by atoms with Gasteiger partial charge >= 0.3 is 0 Å². The second-order valence-corrected chi connectivity index (χ2v) is 8.45. The smallest absolute Gasteiger partial charge is 0.241 e. The predicted octanol–water partition coefficient (Wildman–Crippen LogP) is 4.50. The number of hydrogen-bond acceptors (Lipinski definition) is 6. The molecule has 1 N–H and O–H groups in total. The second-order valence-electron chi connectivity index (χ2n) is 6.98. The molecule has 1 atom stereocenters. The number of carbonyl (C=O) groups excluding carboxylic acids is 2. The highest BCUT2D eigenvalue weighted by atomic mass is 35.5. The van der Waals surface area contributed by atoms with E-state index in [-0.39, 0.29) is 11.8 Å². The van der Waals surface area contributed by atoms with Crippen LogP contribution >= 0.6 is 23.4 Å². The van der Waals surface area contributed by atoms with E-state index in [2.05, 4.69) is 10.4 Å². The van der Waals surface area contributed by atoms with E-state index < -0.39 is 5.37 Å². The van der Waals surface area contributed by atoms with Gasteiger partial charge in [-0.2, -0.15) is 0 Å². The van der Waals surface area contributed by atoms with E-state index in [9.17, 15) is 9.59 Å². The molecule has 1 heterocycles. The van der Waals surface area contributed by atoms with E-state index in [0.717, 1.165) is 16.9 Å². The van der Waals surface area contributed by atoms with Gasteiger partial charge < -0.3 is 14.8 Å². The molecule has 7 nitrogen and oxygen atoms in total. The van der Waals surface area contributed by atoms with Crippen molar-refractivity contribution in [1.82, 2.24) is 10.3 Å². The van der Waals surface area contributed by atoms with E-state index in [1.165, 1.54) is 30.6 Å². The summed E-state index contributed by atoms with van der Waals surface area (Å²) in [7, 11) is 0. The molecule has 1 unspecified atom stereocenters. The summed E-state index contributed by atoms with van der Waals surface area (Å²) in [6.07, 6.45) is 0.705. The first-order valence-corrected chi connectivity index (χ1v) is 11.0. The fraction of sp³-hybridized carbons (Fsp3) is 0.318. The molecule has 9 heteroatoms. The lowest BCUT2D eigenvalue weighted by molar-refractivity contribution is -0.129. The molecule has 31 heavy (non-hydrogen) atoms. The molecule has 0 bridgehead atoms. The van der Waals surface area contributed by atoms with Crippen molar-refractivity contribution >= 4 is 40.3 Å². The molecule has 2 aromatic rings. The van der Waals surface area contributed by atoms with Gasteiger partial charge in [0.1, 0.15) is 16.9 Å². The highest BCUT2D eigenvalue weighted by Gasteiger charge is 2.32. The summed E-state index contributed by atoms with van der Waals surface area (Å²) in [5.41, 5.74) is 1.93. The van der Waals surface area contributed by atoms with Crippen LogP contribution in [0.4, 0.5) is 0 Å². The molecule has 2 aromatic carbocycles. The molecule has 0 fully saturated rings. The van der Waals surface area contributed by atoms with E-state index in [4.69, 9.17) is 21.1 Å². The van der Waals surface area contributed by atoms with Gasteiger partial charge in [0.25, 0.3) is 0 Å². The van der Waals surface area contributed by atoms with Crippen LogP contribution in [0.3, 0.4) is 0 Å². The minimum atomic E-state index is -0.409. The fourth-order valence-corrected chi connectivity index (χ4v) is 4.27. The van der Waals surface area contributed by atoms with Gasteiger partial charge in [-0.1, -0.05) is 41.6 Å². The van der Waals surface area contributed by atoms with Crippen molar-refractivity contribution in [2.45, 2.75) is 32.6 Å². The molecule has 0 aromatic heterocycles. The lowest BCUT2D eigenvalue weighted by atomic mass is 10.2. The van der Waals surface area contributed by atoms with Crippen LogP contribution in [0.1, 0.15) is 36.8 Å². The van der Waals surface area contributed by atoms with Crippen LogP contribution in [0.5, 0.6) is 11.5 Å². The van der Waals surface area contributed by atoms with Crippen molar-refractivity contribution < 1.29 is 19.1 Å². The number of amidine groups is 1.